The smallest absolute Gasteiger partial charge is 0.255 e. The molecule has 0 spiro atoms. The summed E-state index contributed by atoms with van der Waals surface area (Å²) in [4.78, 5) is 41.0. The number of hydrogen-bond acceptors (Lipinski definition) is 7. The van der Waals surface area contributed by atoms with Crippen LogP contribution in [0.15, 0.2) is 46.7 Å². The van der Waals surface area contributed by atoms with Crippen molar-refractivity contribution in [3.05, 3.63) is 69.0 Å². The largest absolute Gasteiger partial charge is 0.387 e. The number of fused-ring (bicyclic) bond motifs is 1. The first-order chi connectivity index (χ1) is 19.0. The fourth-order valence-corrected chi connectivity index (χ4v) is 5.11. The first-order valence-corrected chi connectivity index (χ1v) is 13.8. The van der Waals surface area contributed by atoms with Crippen molar-refractivity contribution in [2.24, 2.45) is 10.7 Å². The maximum absolute atomic E-state index is 13.3. The summed E-state index contributed by atoms with van der Waals surface area (Å²) in [6.45, 7) is 9.10. The van der Waals surface area contributed by atoms with Crippen LogP contribution < -0.4 is 16.0 Å². The van der Waals surface area contributed by atoms with Gasteiger partial charge in [-0.2, -0.15) is 0 Å². The Hall–Kier alpha value is -3.47. The van der Waals surface area contributed by atoms with Gasteiger partial charge in [-0.25, -0.2) is 9.98 Å². The standard InChI is InChI=1S/C28H34Cl2N8O2/c1-16(21-12-25(34-13-23(21)29)37-9-7-36(4)8-10-37)35-27(39)17(2)38-15-20-6-5-19(11-22(20)28(38)40)26(32)24(30)14-33-18(3)31/h5-6,11-14,16-17,32H,7-10,15H2,1-4H3,(H2,31,33)(H,35,39)/b24-14+,32-26?/t16-,17-/m1/s1. The van der Waals surface area contributed by atoms with Gasteiger partial charge in [0.15, 0.2) is 0 Å². The van der Waals surface area contributed by atoms with E-state index < -0.39 is 12.1 Å². The van der Waals surface area contributed by atoms with E-state index in [9.17, 15) is 9.59 Å². The number of pyridine rings is 1. The Morgan fingerprint density at radius 2 is 1.93 bits per heavy atom. The molecule has 0 saturated carbocycles. The van der Waals surface area contributed by atoms with Crippen molar-refractivity contribution >= 4 is 52.4 Å². The van der Waals surface area contributed by atoms with E-state index in [0.29, 0.717) is 22.0 Å². The highest BCUT2D eigenvalue weighted by Crippen LogP contribution is 2.29. The number of anilines is 1. The molecule has 1 aromatic carbocycles. The molecule has 0 radical (unpaired) electrons. The second-order valence-corrected chi connectivity index (χ2v) is 11.0. The number of nitrogens with one attached hydrogen (secondary N) is 2. The molecule has 1 saturated heterocycles. The van der Waals surface area contributed by atoms with Crippen LogP contribution >= 0.6 is 23.2 Å². The number of aromatic nitrogens is 1. The highest BCUT2D eigenvalue weighted by molar-refractivity contribution is 6.45. The number of piperazine rings is 1. The van der Waals surface area contributed by atoms with Crippen molar-refractivity contribution < 1.29 is 9.59 Å². The fraction of sp³-hybridized carbons (Fsp3) is 0.393. The second kappa shape index (κ2) is 12.4. The van der Waals surface area contributed by atoms with Gasteiger partial charge in [-0.05, 0) is 51.1 Å². The van der Waals surface area contributed by atoms with Crippen molar-refractivity contribution in [3.8, 4) is 0 Å². The molecule has 12 heteroatoms. The molecule has 2 atom stereocenters. The summed E-state index contributed by atoms with van der Waals surface area (Å²) in [5.74, 6) is 0.564. The van der Waals surface area contributed by atoms with Crippen LogP contribution in [0, 0.1) is 5.41 Å². The molecule has 40 heavy (non-hydrogen) atoms. The zero-order chi connectivity index (χ0) is 29.1. The lowest BCUT2D eigenvalue weighted by molar-refractivity contribution is -0.125. The van der Waals surface area contributed by atoms with Gasteiger partial charge >= 0.3 is 0 Å². The lowest BCUT2D eigenvalue weighted by atomic mass is 10.0. The molecule has 212 valence electrons. The van der Waals surface area contributed by atoms with E-state index in [1.807, 2.05) is 13.0 Å². The molecule has 0 bridgehead atoms. The van der Waals surface area contributed by atoms with Gasteiger partial charge in [-0.3, -0.25) is 15.0 Å². The van der Waals surface area contributed by atoms with E-state index >= 15 is 0 Å². The first-order valence-electron chi connectivity index (χ1n) is 13.0. The summed E-state index contributed by atoms with van der Waals surface area (Å²) in [6.07, 6.45) is 2.93. The number of benzene rings is 1. The van der Waals surface area contributed by atoms with Crippen molar-refractivity contribution in [2.75, 3.05) is 38.1 Å². The summed E-state index contributed by atoms with van der Waals surface area (Å²) in [7, 11) is 2.10. The number of aliphatic imine (C=N–C) groups is 1. The summed E-state index contributed by atoms with van der Waals surface area (Å²) in [5.41, 5.74) is 8.00. The molecule has 1 fully saturated rings. The van der Waals surface area contributed by atoms with Gasteiger partial charge in [0.2, 0.25) is 5.91 Å². The van der Waals surface area contributed by atoms with E-state index in [-0.39, 0.29) is 29.1 Å². The highest BCUT2D eigenvalue weighted by Gasteiger charge is 2.35. The van der Waals surface area contributed by atoms with E-state index in [4.69, 9.17) is 34.3 Å². The van der Waals surface area contributed by atoms with Crippen molar-refractivity contribution in [1.82, 2.24) is 20.1 Å². The van der Waals surface area contributed by atoms with Crippen molar-refractivity contribution in [3.63, 3.8) is 0 Å². The number of halogens is 2. The van der Waals surface area contributed by atoms with Crippen LogP contribution in [0.3, 0.4) is 0 Å². The van der Waals surface area contributed by atoms with Crippen molar-refractivity contribution in [2.45, 2.75) is 39.4 Å². The predicted octanol–water partition coefficient (Wildman–Crippen LogP) is 3.53. The van der Waals surface area contributed by atoms with Crippen LogP contribution in [0.25, 0.3) is 0 Å². The molecule has 0 unspecified atom stereocenters. The lowest BCUT2D eigenvalue weighted by Gasteiger charge is -2.33. The Balaban J connectivity index is 1.44. The van der Waals surface area contributed by atoms with Crippen LogP contribution in [0.5, 0.6) is 0 Å². The third kappa shape index (κ3) is 6.46. The number of rotatable bonds is 8. The minimum Gasteiger partial charge on any atom is -0.387 e. The van der Waals surface area contributed by atoms with E-state index in [2.05, 4.69) is 32.1 Å². The number of nitrogens with two attached hydrogens (primary N) is 1. The quantitative estimate of drug-likeness (QED) is 0.321. The fourth-order valence-electron chi connectivity index (χ4n) is 4.69. The molecule has 2 amide bonds. The lowest BCUT2D eigenvalue weighted by Crippen LogP contribution is -2.46. The minimum atomic E-state index is -0.728. The van der Waals surface area contributed by atoms with Gasteiger partial charge in [-0.15, -0.1) is 0 Å². The average molecular weight is 586 g/mol. The minimum absolute atomic E-state index is 0.0190. The van der Waals surface area contributed by atoms with Crippen LogP contribution in [-0.2, 0) is 11.3 Å². The van der Waals surface area contributed by atoms with Gasteiger partial charge in [0.1, 0.15) is 11.9 Å². The Bertz CT molecular complexity index is 1380. The molecular weight excluding hydrogens is 551 g/mol. The Labute approximate surface area is 244 Å². The molecule has 2 aliphatic heterocycles. The normalized spacial score (nSPS) is 18.0. The molecule has 0 aliphatic carbocycles. The summed E-state index contributed by atoms with van der Waals surface area (Å²) in [6, 6.07) is 5.94. The molecule has 10 nitrogen and oxygen atoms in total. The van der Waals surface area contributed by atoms with E-state index in [1.54, 1.807) is 38.2 Å². The molecule has 3 heterocycles. The highest BCUT2D eigenvalue weighted by atomic mass is 35.5. The molecule has 2 aromatic rings. The number of likely N-dealkylation sites (N-methyl/N-ethyl adjacent to an activating group) is 1. The number of amides is 2. The van der Waals surface area contributed by atoms with Crippen LogP contribution in [0.2, 0.25) is 5.02 Å². The number of carbonyl (C=O) groups is 2. The maximum atomic E-state index is 13.3. The molecule has 4 N–H and O–H groups in total. The van der Waals surface area contributed by atoms with Crippen LogP contribution in [-0.4, -0.2) is 77.4 Å². The maximum Gasteiger partial charge on any atom is 0.255 e. The van der Waals surface area contributed by atoms with Crippen molar-refractivity contribution in [1.29, 1.82) is 5.41 Å². The SMILES string of the molecule is C/C(N)=N\C=C(\Cl)C(=N)c1ccc2c(c1)C(=O)N([C@H](C)C(=O)N[C@H](C)c1cc(N3CCN(C)CC3)ncc1Cl)C2. The first kappa shape index (κ1) is 29.5. The van der Waals surface area contributed by atoms with Gasteiger partial charge in [-0.1, -0.05) is 35.3 Å². The van der Waals surface area contributed by atoms with Crippen LogP contribution in [0.4, 0.5) is 5.82 Å². The molecule has 2 aliphatic rings. The van der Waals surface area contributed by atoms with Gasteiger partial charge in [0.05, 0.1) is 27.6 Å². The van der Waals surface area contributed by atoms with Gasteiger partial charge in [0.25, 0.3) is 5.91 Å². The monoisotopic (exact) mass is 584 g/mol. The summed E-state index contributed by atoms with van der Waals surface area (Å²) < 4.78 is 0. The van der Waals surface area contributed by atoms with E-state index in [0.717, 1.165) is 43.1 Å². The summed E-state index contributed by atoms with van der Waals surface area (Å²) in [5, 5.41) is 11.9. The molecule has 1 aromatic heterocycles. The number of nitrogens with zero attached hydrogens (tertiary/aromatic N) is 5. The Morgan fingerprint density at radius 3 is 2.60 bits per heavy atom. The molecular formula is C28H34Cl2N8O2. The zero-order valence-electron chi connectivity index (χ0n) is 23.0. The topological polar surface area (TPSA) is 131 Å². The number of amidine groups is 1. The average Bonchev–Trinajstić information content (AvgIpc) is 3.26. The third-order valence-electron chi connectivity index (χ3n) is 7.22. The number of hydrogen-bond donors (Lipinski definition) is 3. The van der Waals surface area contributed by atoms with Gasteiger partial charge < -0.3 is 25.8 Å². The molecule has 4 rings (SSSR count). The van der Waals surface area contributed by atoms with Crippen LogP contribution in [0.1, 0.15) is 53.9 Å². The number of allylic oxidation sites excluding steroid dienone is 1. The van der Waals surface area contributed by atoms with Gasteiger partial charge in [0, 0.05) is 56.2 Å². The zero-order valence-corrected chi connectivity index (χ0v) is 24.6. The third-order valence-corrected chi connectivity index (χ3v) is 7.82. The predicted molar refractivity (Wildman–Crippen MR) is 159 cm³/mol. The number of carbonyl (C=O) groups excluding carboxylic acids is 2. The Morgan fingerprint density at radius 1 is 1.23 bits per heavy atom. The van der Waals surface area contributed by atoms with E-state index in [1.165, 1.54) is 11.1 Å². The Kier molecular flexibility index (Phi) is 9.12. The second-order valence-electron chi connectivity index (χ2n) is 10.2. The summed E-state index contributed by atoms with van der Waals surface area (Å²) >= 11 is 12.7.